The number of ether oxygens (including phenoxy) is 2. The molecule has 1 aliphatic heterocycles. The van der Waals surface area contributed by atoms with E-state index >= 15 is 0 Å². The predicted molar refractivity (Wildman–Crippen MR) is 126 cm³/mol. The molecule has 0 aliphatic carbocycles. The molecule has 0 saturated carbocycles. The summed E-state index contributed by atoms with van der Waals surface area (Å²) in [6.07, 6.45) is 1.50. The van der Waals surface area contributed by atoms with Crippen molar-refractivity contribution in [3.8, 4) is 17.2 Å². The molecule has 33 heavy (non-hydrogen) atoms. The Balaban J connectivity index is 2.21. The molecule has 2 aromatic rings. The maximum atomic E-state index is 13.1. The van der Waals surface area contributed by atoms with E-state index in [-0.39, 0.29) is 27.7 Å². The Labute approximate surface area is 198 Å². The molecule has 7 nitrogen and oxygen atoms in total. The fraction of sp³-hybridized carbons (Fsp3) is 0.360. The largest absolute Gasteiger partial charge is 0.507 e. The number of ketones is 1. The lowest BCUT2D eigenvalue weighted by Crippen LogP contribution is -2.30. The second kappa shape index (κ2) is 10.6. The number of benzene rings is 2. The lowest BCUT2D eigenvalue weighted by molar-refractivity contribution is -0.139. The standard InChI is InChI=1S/C25H28ClNO6/c1-4-7-12-27-22(15-8-11-19(28)18(26)13-15)21(24(30)25(27)31)23(29)17-10-9-16(32-5-2)14-20(17)33-6-3/h8-11,13-14,22,28-29H,4-7,12H2,1-3H3/b23-21-. The number of hydrogen-bond acceptors (Lipinski definition) is 6. The van der Waals surface area contributed by atoms with Crippen molar-refractivity contribution in [2.24, 2.45) is 0 Å². The van der Waals surface area contributed by atoms with Crippen LogP contribution < -0.4 is 9.47 Å². The highest BCUT2D eigenvalue weighted by Crippen LogP contribution is 2.43. The summed E-state index contributed by atoms with van der Waals surface area (Å²) in [5, 5.41) is 21.2. The lowest BCUT2D eigenvalue weighted by Gasteiger charge is -2.25. The Kier molecular flexibility index (Phi) is 7.87. The molecule has 1 atom stereocenters. The molecular formula is C25H28ClNO6. The van der Waals surface area contributed by atoms with Gasteiger partial charge in [-0.05, 0) is 50.1 Å². The molecule has 176 valence electrons. The minimum atomic E-state index is -0.851. The number of Topliss-reactive ketones (excluding diaryl/α,β-unsaturated/α-hetero) is 1. The number of unbranched alkanes of at least 4 members (excludes halogenated alkanes) is 1. The van der Waals surface area contributed by atoms with E-state index in [9.17, 15) is 19.8 Å². The summed E-state index contributed by atoms with van der Waals surface area (Å²) >= 11 is 6.12. The number of hydrogen-bond donors (Lipinski definition) is 2. The molecule has 1 heterocycles. The highest BCUT2D eigenvalue weighted by molar-refractivity contribution is 6.46. The molecule has 2 aromatic carbocycles. The number of phenolic OH excluding ortho intramolecular Hbond substituents is 1. The fourth-order valence-electron chi connectivity index (χ4n) is 3.85. The normalized spacial score (nSPS) is 17.5. The summed E-state index contributed by atoms with van der Waals surface area (Å²) in [7, 11) is 0. The van der Waals surface area contributed by atoms with E-state index < -0.39 is 17.7 Å². The number of aliphatic hydroxyl groups is 1. The van der Waals surface area contributed by atoms with Crippen LogP contribution in [0, 0.1) is 0 Å². The van der Waals surface area contributed by atoms with Crippen molar-refractivity contribution in [3.63, 3.8) is 0 Å². The van der Waals surface area contributed by atoms with Crippen molar-refractivity contribution in [1.82, 2.24) is 4.90 Å². The van der Waals surface area contributed by atoms with Gasteiger partial charge in [0.25, 0.3) is 11.7 Å². The Bertz CT molecular complexity index is 1080. The molecule has 1 aliphatic rings. The van der Waals surface area contributed by atoms with Crippen LogP contribution in [0.2, 0.25) is 5.02 Å². The topological polar surface area (TPSA) is 96.3 Å². The monoisotopic (exact) mass is 473 g/mol. The second-order valence-corrected chi connectivity index (χ2v) is 7.99. The van der Waals surface area contributed by atoms with Gasteiger partial charge in [0.2, 0.25) is 0 Å². The number of phenols is 1. The van der Waals surface area contributed by atoms with Gasteiger partial charge in [0, 0.05) is 12.6 Å². The van der Waals surface area contributed by atoms with Gasteiger partial charge in [-0.3, -0.25) is 9.59 Å². The SMILES string of the molecule is CCCCN1C(=O)C(=O)/C(=C(\O)c2ccc(OCC)cc2OCC)C1c1ccc(O)c(Cl)c1. The third kappa shape index (κ3) is 4.93. The molecule has 1 unspecified atom stereocenters. The molecule has 1 saturated heterocycles. The van der Waals surface area contributed by atoms with Gasteiger partial charge in [-0.2, -0.15) is 0 Å². The van der Waals surface area contributed by atoms with Crippen LogP contribution in [0.15, 0.2) is 42.0 Å². The first-order valence-corrected chi connectivity index (χ1v) is 11.4. The van der Waals surface area contributed by atoms with Gasteiger partial charge in [-0.15, -0.1) is 0 Å². The van der Waals surface area contributed by atoms with Crippen LogP contribution in [-0.2, 0) is 9.59 Å². The van der Waals surface area contributed by atoms with Crippen LogP contribution in [0.25, 0.3) is 5.76 Å². The van der Waals surface area contributed by atoms with E-state index in [2.05, 4.69) is 0 Å². The van der Waals surface area contributed by atoms with Crippen LogP contribution in [0.4, 0.5) is 0 Å². The highest BCUT2D eigenvalue weighted by Gasteiger charge is 2.46. The van der Waals surface area contributed by atoms with E-state index in [1.54, 1.807) is 31.2 Å². The van der Waals surface area contributed by atoms with Gasteiger partial charge >= 0.3 is 0 Å². The Morgan fingerprint density at radius 1 is 1.06 bits per heavy atom. The van der Waals surface area contributed by atoms with E-state index in [0.29, 0.717) is 43.2 Å². The summed E-state index contributed by atoms with van der Waals surface area (Å²) < 4.78 is 11.2. The number of nitrogens with zero attached hydrogens (tertiary/aromatic N) is 1. The molecule has 0 radical (unpaired) electrons. The zero-order valence-corrected chi connectivity index (χ0v) is 19.7. The van der Waals surface area contributed by atoms with Gasteiger partial charge in [0.1, 0.15) is 23.0 Å². The number of aliphatic hydroxyl groups excluding tert-OH is 1. The fourth-order valence-corrected chi connectivity index (χ4v) is 4.04. The van der Waals surface area contributed by atoms with Crippen LogP contribution in [-0.4, -0.2) is 46.6 Å². The van der Waals surface area contributed by atoms with Gasteiger partial charge in [0.05, 0.1) is 35.4 Å². The highest BCUT2D eigenvalue weighted by atomic mass is 35.5. The van der Waals surface area contributed by atoms with Crippen molar-refractivity contribution in [3.05, 3.63) is 58.1 Å². The second-order valence-electron chi connectivity index (χ2n) is 7.58. The lowest BCUT2D eigenvalue weighted by atomic mass is 9.94. The van der Waals surface area contributed by atoms with Crippen molar-refractivity contribution < 1.29 is 29.3 Å². The molecule has 0 spiro atoms. The average Bonchev–Trinajstić information content (AvgIpc) is 3.04. The molecule has 0 aromatic heterocycles. The summed E-state index contributed by atoms with van der Waals surface area (Å²) in [4.78, 5) is 27.5. The van der Waals surface area contributed by atoms with E-state index in [0.717, 1.165) is 6.42 Å². The predicted octanol–water partition coefficient (Wildman–Crippen LogP) is 5.06. The van der Waals surface area contributed by atoms with E-state index in [1.807, 2.05) is 13.8 Å². The van der Waals surface area contributed by atoms with Gasteiger partial charge in [-0.25, -0.2) is 0 Å². The number of likely N-dealkylation sites (tertiary alicyclic amines) is 1. The Morgan fingerprint density at radius 2 is 1.79 bits per heavy atom. The smallest absolute Gasteiger partial charge is 0.295 e. The molecule has 3 rings (SSSR count). The Morgan fingerprint density at radius 3 is 2.42 bits per heavy atom. The summed E-state index contributed by atoms with van der Waals surface area (Å²) in [6, 6.07) is 8.55. The van der Waals surface area contributed by atoms with Crippen LogP contribution in [0.3, 0.4) is 0 Å². The molecule has 1 amide bonds. The van der Waals surface area contributed by atoms with Crippen molar-refractivity contribution in [2.45, 2.75) is 39.7 Å². The third-order valence-electron chi connectivity index (χ3n) is 5.40. The summed E-state index contributed by atoms with van der Waals surface area (Å²) in [6.45, 7) is 6.77. The average molecular weight is 474 g/mol. The molecule has 1 fully saturated rings. The van der Waals surface area contributed by atoms with Gasteiger partial charge < -0.3 is 24.6 Å². The van der Waals surface area contributed by atoms with E-state index in [1.165, 1.54) is 17.0 Å². The maximum absolute atomic E-state index is 13.1. The number of carbonyl (C=O) groups excluding carboxylic acids is 2. The first-order valence-electron chi connectivity index (χ1n) is 11.0. The number of halogens is 1. The minimum absolute atomic E-state index is 0.0528. The number of rotatable bonds is 9. The first-order chi connectivity index (χ1) is 15.8. The zero-order chi connectivity index (χ0) is 24.1. The number of aromatic hydroxyl groups is 1. The minimum Gasteiger partial charge on any atom is -0.507 e. The molecule has 0 bridgehead atoms. The quantitative estimate of drug-likeness (QED) is 0.300. The van der Waals surface area contributed by atoms with Crippen LogP contribution >= 0.6 is 11.6 Å². The summed E-state index contributed by atoms with van der Waals surface area (Å²) in [5.74, 6) is -1.03. The zero-order valence-electron chi connectivity index (χ0n) is 18.9. The molecule has 8 heteroatoms. The Hall–Kier alpha value is -3.19. The van der Waals surface area contributed by atoms with Crippen molar-refractivity contribution >= 4 is 29.1 Å². The summed E-state index contributed by atoms with van der Waals surface area (Å²) in [5.41, 5.74) is 0.741. The first kappa shape index (κ1) is 24.5. The van der Waals surface area contributed by atoms with Gasteiger partial charge in [0.15, 0.2) is 0 Å². The van der Waals surface area contributed by atoms with Crippen molar-refractivity contribution in [1.29, 1.82) is 0 Å². The molecular weight excluding hydrogens is 446 g/mol. The molecule has 2 N–H and O–H groups in total. The van der Waals surface area contributed by atoms with Crippen LogP contribution in [0.5, 0.6) is 17.2 Å². The number of carbonyl (C=O) groups is 2. The van der Waals surface area contributed by atoms with Crippen LogP contribution in [0.1, 0.15) is 50.8 Å². The van der Waals surface area contributed by atoms with E-state index in [4.69, 9.17) is 21.1 Å². The third-order valence-corrected chi connectivity index (χ3v) is 5.70. The number of amides is 1. The maximum Gasteiger partial charge on any atom is 0.295 e. The van der Waals surface area contributed by atoms with Crippen molar-refractivity contribution in [2.75, 3.05) is 19.8 Å². The van der Waals surface area contributed by atoms with Gasteiger partial charge in [-0.1, -0.05) is 31.0 Å².